The first-order valence-corrected chi connectivity index (χ1v) is 16.8. The van der Waals surface area contributed by atoms with Crippen molar-refractivity contribution in [3.05, 3.63) is 71.8 Å². The average molecular weight is 513 g/mol. The van der Waals surface area contributed by atoms with E-state index < -0.39 is 0 Å². The van der Waals surface area contributed by atoms with E-state index in [0.29, 0.717) is 13.6 Å². The summed E-state index contributed by atoms with van der Waals surface area (Å²) >= 11 is 9.43. The van der Waals surface area contributed by atoms with Gasteiger partial charge in [0.2, 0.25) is 0 Å². The summed E-state index contributed by atoms with van der Waals surface area (Å²) in [6.07, 6.45) is 11.1. The number of hydrogen-bond acceptors (Lipinski definition) is 4. The van der Waals surface area contributed by atoms with Crippen molar-refractivity contribution in [2.24, 2.45) is 5.41 Å². The molecule has 4 aliphatic rings. The Bertz CT molecular complexity index is 810. The molecular formula is C29H36S4. The van der Waals surface area contributed by atoms with Crippen molar-refractivity contribution in [3.63, 3.8) is 0 Å². The third-order valence-corrected chi connectivity index (χ3v) is 16.8. The Kier molecular flexibility index (Phi) is 6.84. The Balaban J connectivity index is 1.00. The van der Waals surface area contributed by atoms with Crippen molar-refractivity contribution >= 4 is 47.0 Å². The van der Waals surface area contributed by atoms with Gasteiger partial charge in [-0.3, -0.25) is 0 Å². The summed E-state index contributed by atoms with van der Waals surface area (Å²) < 4.78 is 1.05. The van der Waals surface area contributed by atoms with Gasteiger partial charge in [0.1, 0.15) is 0 Å². The van der Waals surface area contributed by atoms with Crippen molar-refractivity contribution < 1.29 is 0 Å². The van der Waals surface area contributed by atoms with Crippen LogP contribution in [0.5, 0.6) is 0 Å². The molecule has 3 spiro atoms. The smallest absolute Gasteiger partial charge is 0.0612 e. The van der Waals surface area contributed by atoms with E-state index >= 15 is 0 Å². The second-order valence-corrected chi connectivity index (χ2v) is 16.8. The second kappa shape index (κ2) is 9.71. The van der Waals surface area contributed by atoms with E-state index in [1.54, 1.807) is 11.1 Å². The summed E-state index contributed by atoms with van der Waals surface area (Å²) in [7, 11) is 0. The Morgan fingerprint density at radius 1 is 0.485 bits per heavy atom. The van der Waals surface area contributed by atoms with Gasteiger partial charge in [0.15, 0.2) is 0 Å². The largest absolute Gasteiger partial charge is 0.144 e. The number of hydrogen-bond donors (Lipinski definition) is 0. The predicted molar refractivity (Wildman–Crippen MR) is 153 cm³/mol. The Morgan fingerprint density at radius 2 is 0.818 bits per heavy atom. The van der Waals surface area contributed by atoms with Gasteiger partial charge >= 0.3 is 0 Å². The van der Waals surface area contributed by atoms with Crippen LogP contribution in [0.15, 0.2) is 60.7 Å². The van der Waals surface area contributed by atoms with E-state index in [1.165, 1.54) is 74.4 Å². The molecule has 4 heteroatoms. The highest BCUT2D eigenvalue weighted by molar-refractivity contribution is 8.20. The molecule has 0 amide bonds. The summed E-state index contributed by atoms with van der Waals surface area (Å²) in [6, 6.07) is 22.5. The van der Waals surface area contributed by atoms with Crippen molar-refractivity contribution in [3.8, 4) is 0 Å². The standard InChI is InChI=1S/C29H36S4/c1-3-7-23(8-4-1)25-11-15-28(16-12-25)30-19-27(20-31-28)21-32-29(33-22-27)17-13-26(14-18-29)24-9-5-2-6-10-24/h1-10,25-26H,11-22H2. The molecule has 2 saturated carbocycles. The maximum Gasteiger partial charge on any atom is 0.0612 e. The fourth-order valence-electron chi connectivity index (χ4n) is 6.28. The van der Waals surface area contributed by atoms with Crippen molar-refractivity contribution in [2.75, 3.05) is 23.0 Å². The van der Waals surface area contributed by atoms with Gasteiger partial charge in [0.25, 0.3) is 0 Å². The molecule has 0 N–H and O–H groups in total. The average Bonchev–Trinajstić information content (AvgIpc) is 2.90. The SMILES string of the molecule is c1ccc(C2CCC3(CC2)SCC2(CS3)CSC3(CCC(c4ccccc4)CC3)SC2)cc1. The van der Waals surface area contributed by atoms with Crippen LogP contribution in [0.2, 0.25) is 0 Å². The summed E-state index contributed by atoms with van der Waals surface area (Å²) in [5.74, 6) is 7.19. The fourth-order valence-corrected chi connectivity index (χ4v) is 14.0. The first kappa shape index (κ1) is 23.3. The molecule has 4 fully saturated rings. The third-order valence-electron chi connectivity index (χ3n) is 8.60. The van der Waals surface area contributed by atoms with Crippen LogP contribution in [0.4, 0.5) is 0 Å². The highest BCUT2D eigenvalue weighted by Gasteiger charge is 2.50. The highest BCUT2D eigenvalue weighted by Crippen LogP contribution is 2.63. The molecule has 0 aromatic heterocycles. The van der Waals surface area contributed by atoms with Crippen LogP contribution in [0.25, 0.3) is 0 Å². The summed E-state index contributed by atoms with van der Waals surface area (Å²) in [6.45, 7) is 0. The lowest BCUT2D eigenvalue weighted by Crippen LogP contribution is -2.47. The van der Waals surface area contributed by atoms with E-state index in [0.717, 1.165) is 11.8 Å². The highest BCUT2D eigenvalue weighted by atomic mass is 32.2. The number of rotatable bonds is 2. The molecule has 33 heavy (non-hydrogen) atoms. The molecule has 2 saturated heterocycles. The van der Waals surface area contributed by atoms with E-state index in [2.05, 4.69) is 108 Å². The molecule has 2 aromatic rings. The van der Waals surface area contributed by atoms with E-state index in [4.69, 9.17) is 0 Å². The van der Waals surface area contributed by atoms with Crippen molar-refractivity contribution in [2.45, 2.75) is 71.4 Å². The quantitative estimate of drug-likeness (QED) is 0.393. The molecule has 6 rings (SSSR count). The van der Waals surface area contributed by atoms with Gasteiger partial charge in [-0.15, -0.1) is 47.0 Å². The molecule has 2 aromatic carbocycles. The van der Waals surface area contributed by atoms with Gasteiger partial charge in [-0.1, -0.05) is 60.7 Å². The van der Waals surface area contributed by atoms with Crippen LogP contribution in [-0.4, -0.2) is 31.2 Å². The van der Waals surface area contributed by atoms with Crippen LogP contribution in [0, 0.1) is 5.41 Å². The summed E-state index contributed by atoms with van der Waals surface area (Å²) in [5, 5.41) is 0. The fraction of sp³-hybridized carbons (Fsp3) is 0.586. The molecule has 0 radical (unpaired) electrons. The maximum absolute atomic E-state index is 2.36. The summed E-state index contributed by atoms with van der Waals surface area (Å²) in [4.78, 5) is 0. The van der Waals surface area contributed by atoms with E-state index in [9.17, 15) is 0 Å². The van der Waals surface area contributed by atoms with Crippen molar-refractivity contribution in [1.29, 1.82) is 0 Å². The molecule has 0 nitrogen and oxygen atoms in total. The minimum Gasteiger partial charge on any atom is -0.144 e. The zero-order valence-corrected chi connectivity index (χ0v) is 22.8. The third kappa shape index (κ3) is 4.93. The van der Waals surface area contributed by atoms with Gasteiger partial charge in [-0.25, -0.2) is 0 Å². The zero-order chi connectivity index (χ0) is 22.2. The normalized spacial score (nSPS) is 39.2. The molecule has 0 bridgehead atoms. The van der Waals surface area contributed by atoms with Gasteiger partial charge in [0, 0.05) is 28.4 Å². The van der Waals surface area contributed by atoms with Crippen LogP contribution < -0.4 is 0 Å². The zero-order valence-electron chi connectivity index (χ0n) is 19.5. The van der Waals surface area contributed by atoms with Gasteiger partial charge in [-0.05, 0) is 74.3 Å². The first-order chi connectivity index (χ1) is 16.2. The Morgan fingerprint density at radius 3 is 1.15 bits per heavy atom. The minimum atomic E-state index is 0.523. The molecule has 2 heterocycles. The monoisotopic (exact) mass is 512 g/mol. The van der Waals surface area contributed by atoms with Crippen LogP contribution >= 0.6 is 47.0 Å². The lowest BCUT2D eigenvalue weighted by molar-refractivity contribution is 0.411. The second-order valence-electron chi connectivity index (χ2n) is 10.8. The molecule has 2 aliphatic carbocycles. The first-order valence-electron chi connectivity index (χ1n) is 12.8. The lowest BCUT2D eigenvalue weighted by atomic mass is 9.83. The Hall–Kier alpha value is -0.160. The minimum absolute atomic E-state index is 0.523. The predicted octanol–water partition coefficient (Wildman–Crippen LogP) is 9.04. The number of thioether (sulfide) groups is 4. The maximum atomic E-state index is 2.36. The number of benzene rings is 2. The molecule has 2 aliphatic heterocycles. The van der Waals surface area contributed by atoms with Gasteiger partial charge < -0.3 is 0 Å². The van der Waals surface area contributed by atoms with Gasteiger partial charge in [-0.2, -0.15) is 0 Å². The summed E-state index contributed by atoms with van der Waals surface area (Å²) in [5.41, 5.74) is 3.72. The topological polar surface area (TPSA) is 0 Å². The molecule has 0 atom stereocenters. The van der Waals surface area contributed by atoms with Crippen LogP contribution in [0.1, 0.15) is 74.3 Å². The van der Waals surface area contributed by atoms with E-state index in [1.807, 2.05) is 0 Å². The molecule has 0 unspecified atom stereocenters. The molecule has 176 valence electrons. The van der Waals surface area contributed by atoms with E-state index in [-0.39, 0.29) is 0 Å². The Labute approximate surface area is 217 Å². The molecular weight excluding hydrogens is 477 g/mol. The van der Waals surface area contributed by atoms with Crippen LogP contribution in [0.3, 0.4) is 0 Å². The van der Waals surface area contributed by atoms with Crippen molar-refractivity contribution in [1.82, 2.24) is 0 Å². The van der Waals surface area contributed by atoms with Crippen LogP contribution in [-0.2, 0) is 0 Å². The van der Waals surface area contributed by atoms with Gasteiger partial charge in [0.05, 0.1) is 8.16 Å². The lowest BCUT2D eigenvalue weighted by Gasteiger charge is -2.53.